The van der Waals surface area contributed by atoms with Gasteiger partial charge < -0.3 is 0 Å². The van der Waals surface area contributed by atoms with Crippen molar-refractivity contribution < 1.29 is 15.2 Å². The number of carbonyl (C=O) groups excluding carboxylic acids is 2. The molecule has 0 aliphatic rings. The fraction of sp³-hybridized carbons (Fsp3) is 0.259. The van der Waals surface area contributed by atoms with Gasteiger partial charge in [0, 0.05) is 0 Å². The Morgan fingerprint density at radius 1 is 0.562 bits per heavy atom. The first-order valence-corrected chi connectivity index (χ1v) is 19.0. The summed E-state index contributed by atoms with van der Waals surface area (Å²) in [6.45, 7) is 9.52. The Kier molecular flexibility index (Phi) is 7.20. The quantitative estimate of drug-likeness (QED) is 0.373. The normalized spacial score (nSPS) is 12.5. The topological polar surface area (TPSA) is 52.6 Å². The van der Waals surface area contributed by atoms with Crippen molar-refractivity contribution >= 4 is 41.4 Å². The van der Waals surface area contributed by atoms with Crippen LogP contribution in [0.1, 0.15) is 43.4 Å². The Morgan fingerprint density at radius 3 is 1.03 bits per heavy atom. The van der Waals surface area contributed by atoms with Gasteiger partial charge in [-0.1, -0.05) is 0 Å². The molecule has 0 unspecified atom stereocenters. The molecule has 0 spiro atoms. The van der Waals surface area contributed by atoms with Gasteiger partial charge in [-0.05, 0) is 0 Å². The molecule has 5 heteroatoms. The van der Waals surface area contributed by atoms with Crippen molar-refractivity contribution in [2.45, 2.75) is 47.5 Å². The summed E-state index contributed by atoms with van der Waals surface area (Å²) in [6.07, 6.45) is 0.357. The molecule has 0 saturated carbocycles. The number of hydrogen-bond donors (Lipinski definition) is 0. The number of hydrogen-bond acceptors (Lipinski definition) is 4. The van der Waals surface area contributed by atoms with Gasteiger partial charge >= 0.3 is 194 Å². The molecule has 0 aromatic heterocycles. The summed E-state index contributed by atoms with van der Waals surface area (Å²) < 4.78 is 15.4. The van der Waals surface area contributed by atoms with Crippen LogP contribution in [0.3, 0.4) is 0 Å². The van der Waals surface area contributed by atoms with E-state index in [1.165, 1.54) is 0 Å². The molecule has 0 radical (unpaired) electrons. The molecule has 0 N–H and O–H groups in total. The number of benzene rings is 3. The van der Waals surface area contributed by atoms with Crippen LogP contribution in [0.2, 0.25) is 0 Å². The van der Waals surface area contributed by atoms with Gasteiger partial charge in [0.1, 0.15) is 0 Å². The molecule has 0 aliphatic heterocycles. The van der Waals surface area contributed by atoms with E-state index >= 15 is 0 Å². The van der Waals surface area contributed by atoms with E-state index in [4.69, 9.17) is 5.63 Å². The Hall–Kier alpha value is -2.52. The first kappa shape index (κ1) is 24.1. The predicted octanol–water partition coefficient (Wildman–Crippen LogP) is 3.94. The molecule has 0 heterocycles. The second kappa shape index (κ2) is 9.54. The van der Waals surface area contributed by atoms with E-state index in [9.17, 15) is 9.59 Å². The molecule has 0 amide bonds. The summed E-state index contributed by atoms with van der Waals surface area (Å²) in [4.78, 5) is 26.1. The van der Waals surface area contributed by atoms with Crippen LogP contribution in [0.5, 0.6) is 0 Å². The monoisotopic (exact) mass is 628 g/mol. The minimum atomic E-state index is -5.78. The van der Waals surface area contributed by atoms with Crippen LogP contribution in [0.15, 0.2) is 72.8 Å². The van der Waals surface area contributed by atoms with Crippen LogP contribution in [-0.2, 0) is 15.2 Å². The van der Waals surface area contributed by atoms with Gasteiger partial charge in [0.2, 0.25) is 0 Å². The zero-order valence-corrected chi connectivity index (χ0v) is 22.9. The van der Waals surface area contributed by atoms with E-state index in [0.717, 1.165) is 26.5 Å². The van der Waals surface area contributed by atoms with Crippen LogP contribution in [0.4, 0.5) is 0 Å². The fourth-order valence-electron chi connectivity index (χ4n) is 3.75. The average molecular weight is 629 g/mol. The Morgan fingerprint density at radius 2 is 0.812 bits per heavy atom. The third-order valence-electron chi connectivity index (χ3n) is 5.64. The fourth-order valence-corrected chi connectivity index (χ4v) is 21.9. The summed E-state index contributed by atoms with van der Waals surface area (Å²) in [5.74, 6) is -0.772. The molecule has 32 heavy (non-hydrogen) atoms. The summed E-state index contributed by atoms with van der Waals surface area (Å²) in [7, 11) is 0. The third kappa shape index (κ3) is 4.23. The first-order chi connectivity index (χ1) is 15.2. The molecular formula is C27H31BiO4. The van der Waals surface area contributed by atoms with Gasteiger partial charge in [0.05, 0.1) is 0 Å². The maximum absolute atomic E-state index is 13.1. The third-order valence-corrected chi connectivity index (χ3v) is 24.3. The van der Waals surface area contributed by atoms with Gasteiger partial charge in [0.25, 0.3) is 0 Å². The number of aryl methyl sites for hydroxylation is 3. The van der Waals surface area contributed by atoms with Crippen molar-refractivity contribution in [1.29, 1.82) is 0 Å². The van der Waals surface area contributed by atoms with E-state index in [2.05, 4.69) is 0 Å². The standard InChI is InChI=1S/3C7H7.2C3H6O2.Bi/c3*1-7-5-3-2-4-6-7;2*1-2-3(4)5;/h3*3-6H,1H3;2*2H2,1H3,(H,4,5);/q;;;;;+2/p-2. The second-order valence-electron chi connectivity index (χ2n) is 8.10. The van der Waals surface area contributed by atoms with Crippen LogP contribution < -0.4 is 9.81 Å². The van der Waals surface area contributed by atoms with Crippen LogP contribution in [0, 0.1) is 20.8 Å². The van der Waals surface area contributed by atoms with Crippen LogP contribution in [0.25, 0.3) is 0 Å². The Labute approximate surface area is 193 Å². The molecular weight excluding hydrogens is 597 g/mol. The first-order valence-electron chi connectivity index (χ1n) is 10.9. The maximum atomic E-state index is 13.1. The second-order valence-corrected chi connectivity index (χ2v) is 23.0. The molecule has 0 saturated heterocycles. The van der Waals surface area contributed by atoms with Crippen LogP contribution >= 0.6 is 0 Å². The summed E-state index contributed by atoms with van der Waals surface area (Å²) in [5, 5.41) is 0. The average Bonchev–Trinajstić information content (AvgIpc) is 2.79. The molecule has 3 rings (SSSR count). The zero-order chi connectivity index (χ0) is 23.4. The van der Waals surface area contributed by atoms with Gasteiger partial charge in [-0.2, -0.15) is 0 Å². The minimum absolute atomic E-state index is 0.179. The predicted molar refractivity (Wildman–Crippen MR) is 131 cm³/mol. The molecule has 0 fully saturated rings. The van der Waals surface area contributed by atoms with Crippen molar-refractivity contribution in [3.05, 3.63) is 89.5 Å². The van der Waals surface area contributed by atoms with E-state index in [0.29, 0.717) is 0 Å². The molecule has 3 aromatic carbocycles. The van der Waals surface area contributed by atoms with Crippen molar-refractivity contribution in [3.63, 3.8) is 0 Å². The van der Waals surface area contributed by atoms with Crippen molar-refractivity contribution in [3.8, 4) is 0 Å². The molecule has 0 atom stereocenters. The van der Waals surface area contributed by atoms with E-state index in [-0.39, 0.29) is 24.8 Å². The van der Waals surface area contributed by atoms with E-state index in [1.807, 2.05) is 93.6 Å². The van der Waals surface area contributed by atoms with Crippen molar-refractivity contribution in [2.24, 2.45) is 0 Å². The molecule has 4 nitrogen and oxygen atoms in total. The van der Waals surface area contributed by atoms with Crippen LogP contribution in [-0.4, -0.2) is 31.6 Å². The van der Waals surface area contributed by atoms with Gasteiger partial charge in [-0.15, -0.1) is 0 Å². The van der Waals surface area contributed by atoms with Gasteiger partial charge in [-0.25, -0.2) is 0 Å². The van der Waals surface area contributed by atoms with Crippen molar-refractivity contribution in [1.82, 2.24) is 0 Å². The summed E-state index contributed by atoms with van der Waals surface area (Å²) in [5.41, 5.74) is 3.21. The van der Waals surface area contributed by atoms with E-state index in [1.54, 1.807) is 13.8 Å². The van der Waals surface area contributed by atoms with Gasteiger partial charge in [0.15, 0.2) is 0 Å². The number of carbonyl (C=O) groups is 2. The van der Waals surface area contributed by atoms with Crippen molar-refractivity contribution in [2.75, 3.05) is 0 Å². The Bertz CT molecular complexity index is 964. The SMILES string of the molecule is CCC(=O)[O][Bi]([O]C(=O)CC)([c]1ccc(C)cc1)([c]1ccc(C)cc1)[c]1ccc(C)cc1. The van der Waals surface area contributed by atoms with Gasteiger partial charge in [-0.3, -0.25) is 0 Å². The summed E-state index contributed by atoms with van der Waals surface area (Å²) >= 11 is -5.78. The van der Waals surface area contributed by atoms with E-state index < -0.39 is 19.7 Å². The number of rotatable bonds is 7. The molecule has 168 valence electrons. The summed E-state index contributed by atoms with van der Waals surface area (Å²) in [6, 6.07) is 23.6. The zero-order valence-electron chi connectivity index (χ0n) is 19.4. The Balaban J connectivity index is 2.56. The molecule has 0 bridgehead atoms. The molecule has 3 aromatic rings. The molecule has 0 aliphatic carbocycles.